The summed E-state index contributed by atoms with van der Waals surface area (Å²) in [7, 11) is 1.56. The summed E-state index contributed by atoms with van der Waals surface area (Å²) in [5.41, 5.74) is 6.56. The summed E-state index contributed by atoms with van der Waals surface area (Å²) in [6, 6.07) is 4.68. The molecule has 136 valence electrons. The standard InChI is InChI=1S/C18H21N5O3/c1-11(17(20)24)23-18(25)16(21-2)14-9-13(6-7-15(14)19)26-10-12-5-3-4-8-22-12/h3-9,11,19,21H,10H2,1-2H3,(H2,20,24)(H,23,25)/b16-14-,19-15?/t11-/m1/s1. The highest BCUT2D eigenvalue weighted by Gasteiger charge is 2.21. The first-order chi connectivity index (χ1) is 12.4. The molecule has 0 bridgehead atoms. The molecule has 0 saturated carbocycles. The maximum absolute atomic E-state index is 12.4. The fourth-order valence-electron chi connectivity index (χ4n) is 2.17. The van der Waals surface area contributed by atoms with Crippen LogP contribution in [0, 0.1) is 5.41 Å². The summed E-state index contributed by atoms with van der Waals surface area (Å²) >= 11 is 0. The van der Waals surface area contributed by atoms with Crippen LogP contribution in [0.4, 0.5) is 0 Å². The van der Waals surface area contributed by atoms with Gasteiger partial charge in [0.05, 0.1) is 11.4 Å². The van der Waals surface area contributed by atoms with Crippen molar-refractivity contribution < 1.29 is 14.3 Å². The van der Waals surface area contributed by atoms with Gasteiger partial charge in [-0.25, -0.2) is 0 Å². The van der Waals surface area contributed by atoms with E-state index in [0.29, 0.717) is 11.3 Å². The maximum Gasteiger partial charge on any atom is 0.268 e. The van der Waals surface area contributed by atoms with Crippen LogP contribution in [-0.4, -0.2) is 35.6 Å². The number of nitrogens with two attached hydrogens (primary N) is 1. The summed E-state index contributed by atoms with van der Waals surface area (Å²) in [5.74, 6) is -0.688. The van der Waals surface area contributed by atoms with Gasteiger partial charge >= 0.3 is 0 Å². The molecule has 0 saturated heterocycles. The molecular formula is C18H21N5O3. The van der Waals surface area contributed by atoms with E-state index in [0.717, 1.165) is 5.69 Å². The summed E-state index contributed by atoms with van der Waals surface area (Å²) in [4.78, 5) is 27.7. The molecule has 0 aliphatic heterocycles. The summed E-state index contributed by atoms with van der Waals surface area (Å²) in [6.07, 6.45) is 6.44. The summed E-state index contributed by atoms with van der Waals surface area (Å²) in [6.45, 7) is 1.75. The first-order valence-electron chi connectivity index (χ1n) is 7.96. The highest BCUT2D eigenvalue weighted by molar-refractivity contribution is 6.14. The van der Waals surface area contributed by atoms with Crippen LogP contribution in [0.2, 0.25) is 0 Å². The van der Waals surface area contributed by atoms with Crippen LogP contribution in [0.1, 0.15) is 12.6 Å². The van der Waals surface area contributed by atoms with E-state index in [1.807, 2.05) is 18.2 Å². The minimum Gasteiger partial charge on any atom is -0.487 e. The number of nitrogens with zero attached hydrogens (tertiary/aromatic N) is 1. The van der Waals surface area contributed by atoms with Crippen LogP contribution in [0.3, 0.4) is 0 Å². The number of rotatable bonds is 7. The smallest absolute Gasteiger partial charge is 0.268 e. The summed E-state index contributed by atoms with van der Waals surface area (Å²) in [5, 5.41) is 13.3. The van der Waals surface area contributed by atoms with Crippen molar-refractivity contribution in [2.75, 3.05) is 7.05 Å². The molecule has 1 aliphatic rings. The Balaban J connectivity index is 2.20. The Labute approximate surface area is 151 Å². The van der Waals surface area contributed by atoms with Crippen molar-refractivity contribution in [3.63, 3.8) is 0 Å². The fraction of sp³-hybridized carbons (Fsp3) is 0.222. The average Bonchev–Trinajstić information content (AvgIpc) is 2.63. The lowest BCUT2D eigenvalue weighted by Crippen LogP contribution is -2.44. The molecule has 2 amide bonds. The number of ether oxygens (including phenoxy) is 1. The second-order valence-electron chi connectivity index (χ2n) is 5.54. The van der Waals surface area contributed by atoms with Gasteiger partial charge in [-0.2, -0.15) is 0 Å². The number of pyridine rings is 1. The number of carbonyl (C=O) groups excluding carboxylic acids is 2. The number of likely N-dealkylation sites (N-methyl/N-ethyl adjacent to an activating group) is 1. The second kappa shape index (κ2) is 8.61. The molecule has 0 unspecified atom stereocenters. The number of hydrogen-bond acceptors (Lipinski definition) is 6. The van der Waals surface area contributed by atoms with Crippen molar-refractivity contribution in [2.24, 2.45) is 5.73 Å². The highest BCUT2D eigenvalue weighted by Crippen LogP contribution is 2.18. The van der Waals surface area contributed by atoms with Crippen LogP contribution in [0.25, 0.3) is 0 Å². The molecule has 1 aromatic heterocycles. The van der Waals surface area contributed by atoms with Gasteiger partial charge < -0.3 is 26.5 Å². The Morgan fingerprint density at radius 2 is 2.12 bits per heavy atom. The van der Waals surface area contributed by atoms with E-state index in [1.54, 1.807) is 25.4 Å². The van der Waals surface area contributed by atoms with Crippen molar-refractivity contribution in [2.45, 2.75) is 19.6 Å². The molecule has 2 rings (SSSR count). The van der Waals surface area contributed by atoms with Gasteiger partial charge in [0.1, 0.15) is 24.1 Å². The lowest BCUT2D eigenvalue weighted by molar-refractivity contribution is -0.125. The van der Waals surface area contributed by atoms with E-state index in [9.17, 15) is 9.59 Å². The first-order valence-corrected chi connectivity index (χ1v) is 7.96. The number of aromatic nitrogens is 1. The maximum atomic E-state index is 12.4. The minimum absolute atomic E-state index is 0.140. The van der Waals surface area contributed by atoms with Crippen molar-refractivity contribution in [1.29, 1.82) is 5.41 Å². The van der Waals surface area contributed by atoms with E-state index >= 15 is 0 Å². The Bertz CT molecular complexity index is 796. The fourth-order valence-corrected chi connectivity index (χ4v) is 2.17. The number of carbonyl (C=O) groups is 2. The van der Waals surface area contributed by atoms with Crippen LogP contribution in [0.15, 0.2) is 59.7 Å². The molecule has 0 spiro atoms. The number of hydrogen-bond donors (Lipinski definition) is 4. The largest absolute Gasteiger partial charge is 0.487 e. The zero-order valence-corrected chi connectivity index (χ0v) is 14.6. The number of primary amides is 1. The third-order valence-corrected chi connectivity index (χ3v) is 3.62. The number of amides is 2. The molecule has 5 N–H and O–H groups in total. The van der Waals surface area contributed by atoms with E-state index in [1.165, 1.54) is 13.0 Å². The second-order valence-corrected chi connectivity index (χ2v) is 5.54. The highest BCUT2D eigenvalue weighted by atomic mass is 16.5. The Kier molecular flexibility index (Phi) is 6.26. The van der Waals surface area contributed by atoms with Crippen LogP contribution in [-0.2, 0) is 20.9 Å². The van der Waals surface area contributed by atoms with Crippen LogP contribution < -0.4 is 16.4 Å². The molecule has 0 fully saturated rings. The van der Waals surface area contributed by atoms with Gasteiger partial charge in [0.2, 0.25) is 5.91 Å². The molecule has 8 heteroatoms. The molecule has 1 atom stereocenters. The zero-order valence-electron chi connectivity index (χ0n) is 14.6. The normalized spacial score (nSPS) is 16.4. The summed E-state index contributed by atoms with van der Waals surface area (Å²) < 4.78 is 5.69. The molecular weight excluding hydrogens is 334 g/mol. The van der Waals surface area contributed by atoms with Gasteiger partial charge in [-0.1, -0.05) is 6.07 Å². The van der Waals surface area contributed by atoms with Crippen molar-refractivity contribution >= 4 is 17.5 Å². The van der Waals surface area contributed by atoms with Crippen molar-refractivity contribution in [1.82, 2.24) is 15.6 Å². The first kappa shape index (κ1) is 18.9. The Morgan fingerprint density at radius 3 is 2.73 bits per heavy atom. The third-order valence-electron chi connectivity index (χ3n) is 3.62. The lowest BCUT2D eigenvalue weighted by atomic mass is 10.0. The molecule has 1 aromatic rings. The van der Waals surface area contributed by atoms with Crippen LogP contribution in [0.5, 0.6) is 0 Å². The predicted molar refractivity (Wildman–Crippen MR) is 96.9 cm³/mol. The lowest BCUT2D eigenvalue weighted by Gasteiger charge is -2.18. The van der Waals surface area contributed by atoms with E-state index < -0.39 is 17.9 Å². The molecule has 26 heavy (non-hydrogen) atoms. The van der Waals surface area contributed by atoms with E-state index in [2.05, 4.69) is 15.6 Å². The molecule has 1 aliphatic carbocycles. The SMILES string of the molecule is CN/C(C(=O)N[C@H](C)C(N)=O)=C1/C=C(OCc2ccccn2)C=CC1=N. The van der Waals surface area contributed by atoms with Gasteiger partial charge in [-0.05, 0) is 37.3 Å². The van der Waals surface area contributed by atoms with Gasteiger partial charge in [0, 0.05) is 18.8 Å². The van der Waals surface area contributed by atoms with Gasteiger partial charge in [0.25, 0.3) is 5.91 Å². The number of allylic oxidation sites excluding steroid dienone is 4. The van der Waals surface area contributed by atoms with Crippen molar-refractivity contribution in [3.05, 3.63) is 65.3 Å². The zero-order chi connectivity index (χ0) is 19.1. The Morgan fingerprint density at radius 1 is 1.35 bits per heavy atom. The third kappa shape index (κ3) is 4.79. The number of nitrogens with one attached hydrogen (secondary N) is 3. The molecule has 8 nitrogen and oxygen atoms in total. The Hall–Kier alpha value is -3.42. The quantitative estimate of drug-likeness (QED) is 0.530. The average molecular weight is 355 g/mol. The van der Waals surface area contributed by atoms with E-state index in [4.69, 9.17) is 15.9 Å². The molecule has 0 aromatic carbocycles. The van der Waals surface area contributed by atoms with Crippen molar-refractivity contribution in [3.8, 4) is 0 Å². The predicted octanol–water partition coefficient (Wildman–Crippen LogP) is 0.535. The monoisotopic (exact) mass is 355 g/mol. The van der Waals surface area contributed by atoms with Gasteiger partial charge in [-0.3, -0.25) is 14.6 Å². The minimum atomic E-state index is -0.830. The van der Waals surface area contributed by atoms with Gasteiger partial charge in [-0.15, -0.1) is 0 Å². The van der Waals surface area contributed by atoms with Gasteiger partial charge in [0.15, 0.2) is 0 Å². The van der Waals surface area contributed by atoms with E-state index in [-0.39, 0.29) is 18.0 Å². The topological polar surface area (TPSA) is 130 Å². The van der Waals surface area contributed by atoms with Crippen LogP contribution >= 0.6 is 0 Å². The molecule has 0 radical (unpaired) electrons. The molecule has 1 heterocycles.